The standard InChI is InChI=1S/C27H35N7O4.C14H17N3O4.C4H10.C3H8/c1-18-16-34(27(38)31-20-10-6-3-7-11-20)17-22(18)32-23(35)15-30-26(37)24(19-8-4-2-5-9-19)33-25(36)21-14-28-12-13-29-21;1-10(11-5-3-2-4-6-11)17-13(20)8-16-14(21)12(19)7-15-9-18;1-4(2)3;1-3-2/h3,6-7,10-14,18-19,22,24H,2,4-5,8-9,15-17H2,1H3,(H,30,37)(H,31,38)(H,32,35)(H,33,36);2-6,9-10H,7-8H2,1H3,(H,15,18)(H,16,21)(H,17,20);4H,1-3H3;3H2,1-2H3/t18-,22+,24?;10-;;/m11../s1. The fraction of sp³-hybridized carbons (Fsp3) is 0.500. The molecule has 4 atom stereocenters. The average Bonchev–Trinajstić information content (AvgIpc) is 3.68. The minimum Gasteiger partial charge on any atom is -0.351 e. The number of carbonyl (C=O) groups is 8. The van der Waals surface area contributed by atoms with E-state index < -0.39 is 42.0 Å². The van der Waals surface area contributed by atoms with Gasteiger partial charge in [-0.2, -0.15) is 0 Å². The van der Waals surface area contributed by atoms with Crippen molar-refractivity contribution in [2.75, 3.05) is 38.0 Å². The Bertz CT molecular complexity index is 1950. The maximum Gasteiger partial charge on any atom is 0.321 e. The molecule has 0 spiro atoms. The van der Waals surface area contributed by atoms with Gasteiger partial charge >= 0.3 is 6.03 Å². The van der Waals surface area contributed by atoms with E-state index in [1.54, 1.807) is 4.90 Å². The fourth-order valence-corrected chi connectivity index (χ4v) is 6.67. The van der Waals surface area contributed by atoms with E-state index in [2.05, 4.69) is 81.8 Å². The lowest BCUT2D eigenvalue weighted by Gasteiger charge is -2.30. The number of hydrogen-bond acceptors (Lipinski definition) is 10. The van der Waals surface area contributed by atoms with Gasteiger partial charge in [-0.25, -0.2) is 9.78 Å². The molecule has 1 unspecified atom stereocenters. The Kier molecular flexibility index (Phi) is 26.2. The topological polar surface area (TPSA) is 250 Å². The highest BCUT2D eigenvalue weighted by atomic mass is 16.2. The predicted molar refractivity (Wildman–Crippen MR) is 253 cm³/mol. The molecule has 5 rings (SSSR count). The van der Waals surface area contributed by atoms with Crippen molar-refractivity contribution in [1.29, 1.82) is 0 Å². The zero-order valence-electron chi connectivity index (χ0n) is 39.4. The summed E-state index contributed by atoms with van der Waals surface area (Å²) in [6, 6.07) is 17.1. The van der Waals surface area contributed by atoms with Crippen LogP contribution in [0.4, 0.5) is 10.5 Å². The summed E-state index contributed by atoms with van der Waals surface area (Å²) in [4.78, 5) is 105. The Hall–Kier alpha value is -6.72. The average molecular weight is 915 g/mol. The number of urea groups is 1. The molecule has 2 heterocycles. The van der Waals surface area contributed by atoms with E-state index in [4.69, 9.17) is 0 Å². The Morgan fingerprint density at radius 1 is 0.773 bits per heavy atom. The summed E-state index contributed by atoms with van der Waals surface area (Å²) < 4.78 is 0. The maximum atomic E-state index is 13.1. The molecule has 2 aromatic carbocycles. The van der Waals surface area contributed by atoms with E-state index in [0.29, 0.717) is 25.2 Å². The number of anilines is 1. The number of amides is 8. The highest BCUT2D eigenvalue weighted by Crippen LogP contribution is 2.27. The van der Waals surface area contributed by atoms with Gasteiger partial charge in [-0.1, -0.05) is 116 Å². The molecule has 360 valence electrons. The number of benzene rings is 2. The lowest BCUT2D eigenvalue weighted by molar-refractivity contribution is -0.138. The Morgan fingerprint density at radius 3 is 1.97 bits per heavy atom. The molecule has 1 aromatic heterocycles. The minimum atomic E-state index is -0.910. The molecule has 0 bridgehead atoms. The Labute approximate surface area is 389 Å². The van der Waals surface area contributed by atoms with Gasteiger partial charge in [-0.05, 0) is 55.2 Å². The molecule has 1 saturated carbocycles. The number of para-hydroxylation sites is 1. The quantitative estimate of drug-likeness (QED) is 0.0792. The van der Waals surface area contributed by atoms with E-state index in [1.807, 2.05) is 74.5 Å². The van der Waals surface area contributed by atoms with Gasteiger partial charge < -0.3 is 42.1 Å². The maximum absolute atomic E-state index is 13.1. The molecule has 7 N–H and O–H groups in total. The van der Waals surface area contributed by atoms with Crippen LogP contribution in [-0.2, 0) is 28.8 Å². The SMILES string of the molecule is CC(C)C.CCC.C[C@@H](NC(=O)CNC(=O)C(=O)CNC=O)c1ccccc1.C[C@@H]1CN(C(=O)Nc2ccccc2)C[C@@H]1NC(=O)CNC(=O)C(NC(=O)c1cnccn1)C1CCCCC1. The molecule has 8 amide bonds. The van der Waals surface area contributed by atoms with Crippen molar-refractivity contribution in [2.24, 2.45) is 17.8 Å². The van der Waals surface area contributed by atoms with Crippen molar-refractivity contribution < 1.29 is 38.4 Å². The second kappa shape index (κ2) is 31.2. The molecule has 1 aliphatic carbocycles. The normalized spacial score (nSPS) is 16.0. The van der Waals surface area contributed by atoms with E-state index in [-0.39, 0.29) is 54.6 Å². The number of nitrogens with zero attached hydrogens (tertiary/aromatic N) is 3. The van der Waals surface area contributed by atoms with Crippen LogP contribution in [0, 0.1) is 17.8 Å². The highest BCUT2D eigenvalue weighted by Gasteiger charge is 2.35. The van der Waals surface area contributed by atoms with Gasteiger partial charge in [0.05, 0.1) is 37.9 Å². The molecule has 2 aliphatic rings. The van der Waals surface area contributed by atoms with E-state index in [1.165, 1.54) is 25.0 Å². The highest BCUT2D eigenvalue weighted by molar-refractivity contribution is 6.37. The Balaban J connectivity index is 0.000000449. The molecular weight excluding hydrogens is 845 g/mol. The number of carbonyl (C=O) groups excluding carboxylic acids is 8. The molecule has 3 aromatic rings. The van der Waals surface area contributed by atoms with Gasteiger partial charge in [0.15, 0.2) is 0 Å². The first kappa shape index (κ1) is 55.4. The van der Waals surface area contributed by atoms with Gasteiger partial charge in [0.25, 0.3) is 11.8 Å². The number of Topliss-reactive ketones (excluding diaryl/α,β-unsaturated/α-hetero) is 1. The molecular formula is C48H70N10O8. The number of likely N-dealkylation sites (tertiary alicyclic amines) is 1. The van der Waals surface area contributed by atoms with Crippen LogP contribution in [0.3, 0.4) is 0 Å². The third-order valence-electron chi connectivity index (χ3n) is 9.87. The first-order chi connectivity index (χ1) is 31.6. The Morgan fingerprint density at radius 2 is 1.38 bits per heavy atom. The third kappa shape index (κ3) is 21.8. The van der Waals surface area contributed by atoms with E-state index in [0.717, 1.165) is 43.6 Å². The molecule has 18 heteroatoms. The lowest BCUT2D eigenvalue weighted by atomic mass is 9.83. The van der Waals surface area contributed by atoms with Crippen LogP contribution in [0.5, 0.6) is 0 Å². The van der Waals surface area contributed by atoms with Crippen LogP contribution in [0.25, 0.3) is 0 Å². The second-order valence-corrected chi connectivity index (χ2v) is 16.8. The fourth-order valence-electron chi connectivity index (χ4n) is 6.67. The molecule has 0 radical (unpaired) electrons. The van der Waals surface area contributed by atoms with E-state index >= 15 is 0 Å². The van der Waals surface area contributed by atoms with Gasteiger partial charge in [-0.3, -0.25) is 38.5 Å². The summed E-state index contributed by atoms with van der Waals surface area (Å²) in [6.07, 6.45) is 10.5. The number of ketones is 1. The monoisotopic (exact) mass is 915 g/mol. The smallest absolute Gasteiger partial charge is 0.321 e. The zero-order valence-corrected chi connectivity index (χ0v) is 39.4. The van der Waals surface area contributed by atoms with Crippen molar-refractivity contribution >= 4 is 53.4 Å². The van der Waals surface area contributed by atoms with Crippen molar-refractivity contribution in [3.63, 3.8) is 0 Å². The molecule has 1 aliphatic heterocycles. The molecule has 1 saturated heterocycles. The zero-order chi connectivity index (χ0) is 48.9. The first-order valence-corrected chi connectivity index (χ1v) is 22.7. The summed E-state index contributed by atoms with van der Waals surface area (Å²) in [5.41, 5.74) is 1.78. The van der Waals surface area contributed by atoms with Crippen LogP contribution in [0.2, 0.25) is 0 Å². The number of hydrogen-bond donors (Lipinski definition) is 7. The van der Waals surface area contributed by atoms with Crippen LogP contribution < -0.4 is 37.2 Å². The number of nitrogens with one attached hydrogen (secondary N) is 7. The summed E-state index contributed by atoms with van der Waals surface area (Å²) in [7, 11) is 0. The van der Waals surface area contributed by atoms with Gasteiger partial charge in [0.1, 0.15) is 11.7 Å². The second-order valence-electron chi connectivity index (χ2n) is 16.8. The van der Waals surface area contributed by atoms with Crippen LogP contribution in [0.1, 0.15) is 109 Å². The molecule has 18 nitrogen and oxygen atoms in total. The number of rotatable bonds is 16. The van der Waals surface area contributed by atoms with Crippen molar-refractivity contribution in [1.82, 2.24) is 46.8 Å². The number of aromatic nitrogens is 2. The minimum absolute atomic E-state index is 0.0148. The molecule has 2 fully saturated rings. The summed E-state index contributed by atoms with van der Waals surface area (Å²) in [5, 5.41) is 18.3. The van der Waals surface area contributed by atoms with E-state index in [9.17, 15) is 38.4 Å². The van der Waals surface area contributed by atoms with Gasteiger partial charge in [-0.15, -0.1) is 0 Å². The van der Waals surface area contributed by atoms with Crippen molar-refractivity contribution in [3.05, 3.63) is 90.5 Å². The molecule has 66 heavy (non-hydrogen) atoms. The third-order valence-corrected chi connectivity index (χ3v) is 9.87. The van der Waals surface area contributed by atoms with Crippen LogP contribution >= 0.6 is 0 Å². The van der Waals surface area contributed by atoms with Crippen LogP contribution in [0.15, 0.2) is 79.3 Å². The summed E-state index contributed by atoms with van der Waals surface area (Å²) in [6.45, 7) is 14.5. The summed E-state index contributed by atoms with van der Waals surface area (Å²) >= 11 is 0. The van der Waals surface area contributed by atoms with Gasteiger partial charge in [0.2, 0.25) is 29.9 Å². The first-order valence-electron chi connectivity index (χ1n) is 22.7. The largest absolute Gasteiger partial charge is 0.351 e. The van der Waals surface area contributed by atoms with Crippen molar-refractivity contribution in [2.45, 2.75) is 105 Å². The summed E-state index contributed by atoms with van der Waals surface area (Å²) in [5.74, 6) is -2.47. The predicted octanol–water partition coefficient (Wildman–Crippen LogP) is 4.31. The van der Waals surface area contributed by atoms with Gasteiger partial charge in [0, 0.05) is 31.2 Å². The lowest BCUT2D eigenvalue weighted by Crippen LogP contribution is -2.53. The van der Waals surface area contributed by atoms with Crippen molar-refractivity contribution in [3.8, 4) is 0 Å². The van der Waals surface area contributed by atoms with Crippen LogP contribution in [-0.4, -0.2) is 107 Å².